The molecule has 1 aromatic rings. The normalized spacial score (nSPS) is 24.0. The Kier molecular flexibility index (Phi) is 5.31. The van der Waals surface area contributed by atoms with Gasteiger partial charge in [0.1, 0.15) is 5.82 Å². The van der Waals surface area contributed by atoms with Crippen molar-refractivity contribution in [3.05, 3.63) is 35.6 Å². The number of rotatable bonds is 5. The maximum atomic E-state index is 13.4. The van der Waals surface area contributed by atoms with Crippen LogP contribution in [0.3, 0.4) is 0 Å². The van der Waals surface area contributed by atoms with E-state index < -0.39 is 30.2 Å². The van der Waals surface area contributed by atoms with Crippen LogP contribution < -0.4 is 10.9 Å². The number of fused-ring (bicyclic) bond motifs is 2. The van der Waals surface area contributed by atoms with Crippen LogP contribution in [0.1, 0.15) is 42.5 Å². The number of hydrogen-bond donors (Lipinski definition) is 2. The topological polar surface area (TPSA) is 84.5 Å². The second-order valence-corrected chi connectivity index (χ2v) is 6.78. The zero-order valence-electron chi connectivity index (χ0n) is 13.8. The lowest BCUT2D eigenvalue weighted by Crippen LogP contribution is -2.43. The molecule has 134 valence electrons. The number of hydrazine groups is 1. The standard InChI is InChI=1S/C18H21FN2O4/c19-15-4-2-1-3-14(15)18(24)21-20-16(22)10-25-17(23)9-13-8-11-5-6-12(13)7-11/h1-4,11-13H,5-10H2,(H,20,22)(H,21,24)/t11-,12-,13-/m1/s1. The van der Waals surface area contributed by atoms with Crippen molar-refractivity contribution in [1.82, 2.24) is 10.9 Å². The number of nitrogens with one attached hydrogen (secondary N) is 2. The minimum Gasteiger partial charge on any atom is -0.455 e. The number of esters is 1. The average molecular weight is 348 g/mol. The Morgan fingerprint density at radius 3 is 2.60 bits per heavy atom. The third kappa shape index (κ3) is 4.35. The van der Waals surface area contributed by atoms with Crippen LogP contribution in [0, 0.1) is 23.6 Å². The van der Waals surface area contributed by atoms with Crippen LogP contribution in [-0.2, 0) is 14.3 Å². The van der Waals surface area contributed by atoms with Crippen LogP contribution in [0.2, 0.25) is 0 Å². The van der Waals surface area contributed by atoms with Crippen molar-refractivity contribution in [3.8, 4) is 0 Å². The first-order chi connectivity index (χ1) is 12.0. The van der Waals surface area contributed by atoms with Crippen LogP contribution in [0.15, 0.2) is 24.3 Å². The number of benzene rings is 1. The van der Waals surface area contributed by atoms with E-state index in [1.165, 1.54) is 37.5 Å². The number of halogens is 1. The van der Waals surface area contributed by atoms with Gasteiger partial charge in [0.2, 0.25) is 0 Å². The molecule has 3 atom stereocenters. The van der Waals surface area contributed by atoms with E-state index in [4.69, 9.17) is 4.74 Å². The van der Waals surface area contributed by atoms with Gasteiger partial charge in [-0.2, -0.15) is 0 Å². The molecule has 2 bridgehead atoms. The Balaban J connectivity index is 1.36. The van der Waals surface area contributed by atoms with Crippen molar-refractivity contribution in [2.45, 2.75) is 32.1 Å². The van der Waals surface area contributed by atoms with Gasteiger partial charge in [-0.05, 0) is 49.1 Å². The van der Waals surface area contributed by atoms with Gasteiger partial charge in [0, 0.05) is 6.42 Å². The fourth-order valence-corrected chi connectivity index (χ4v) is 3.92. The molecule has 2 saturated carbocycles. The molecular formula is C18H21FN2O4. The Morgan fingerprint density at radius 2 is 1.92 bits per heavy atom. The highest BCUT2D eigenvalue weighted by molar-refractivity contribution is 5.95. The number of ether oxygens (including phenoxy) is 1. The second kappa shape index (κ2) is 7.63. The summed E-state index contributed by atoms with van der Waals surface area (Å²) >= 11 is 0. The van der Waals surface area contributed by atoms with E-state index in [2.05, 4.69) is 10.9 Å². The summed E-state index contributed by atoms with van der Waals surface area (Å²) in [4.78, 5) is 35.2. The predicted molar refractivity (Wildman–Crippen MR) is 86.5 cm³/mol. The highest BCUT2D eigenvalue weighted by atomic mass is 19.1. The van der Waals surface area contributed by atoms with Crippen molar-refractivity contribution < 1.29 is 23.5 Å². The monoisotopic (exact) mass is 348 g/mol. The maximum Gasteiger partial charge on any atom is 0.306 e. The number of hydrogen-bond acceptors (Lipinski definition) is 4. The van der Waals surface area contributed by atoms with Gasteiger partial charge in [-0.3, -0.25) is 25.2 Å². The lowest BCUT2D eigenvalue weighted by atomic mass is 9.86. The van der Waals surface area contributed by atoms with Crippen molar-refractivity contribution >= 4 is 17.8 Å². The molecule has 1 aromatic carbocycles. The lowest BCUT2D eigenvalue weighted by molar-refractivity contribution is -0.150. The van der Waals surface area contributed by atoms with E-state index in [0.29, 0.717) is 18.3 Å². The Hall–Kier alpha value is -2.44. The average Bonchev–Trinajstić information content (AvgIpc) is 3.21. The molecule has 2 amide bonds. The maximum absolute atomic E-state index is 13.4. The molecule has 2 aliphatic rings. The van der Waals surface area contributed by atoms with Gasteiger partial charge in [0.25, 0.3) is 11.8 Å². The van der Waals surface area contributed by atoms with Crippen LogP contribution in [-0.4, -0.2) is 24.4 Å². The van der Waals surface area contributed by atoms with Crippen molar-refractivity contribution in [1.29, 1.82) is 0 Å². The van der Waals surface area contributed by atoms with Gasteiger partial charge in [-0.25, -0.2) is 4.39 Å². The molecule has 0 unspecified atom stereocenters. The van der Waals surface area contributed by atoms with E-state index >= 15 is 0 Å². The summed E-state index contributed by atoms with van der Waals surface area (Å²) < 4.78 is 18.4. The van der Waals surface area contributed by atoms with E-state index in [1.54, 1.807) is 0 Å². The minimum atomic E-state index is -0.778. The summed E-state index contributed by atoms with van der Waals surface area (Å²) in [7, 11) is 0. The summed E-state index contributed by atoms with van der Waals surface area (Å²) in [6.07, 6.45) is 5.08. The summed E-state index contributed by atoms with van der Waals surface area (Å²) in [5.74, 6) is -0.799. The summed E-state index contributed by atoms with van der Waals surface area (Å²) in [5.41, 5.74) is 4.01. The molecule has 2 aliphatic carbocycles. The number of amides is 2. The quantitative estimate of drug-likeness (QED) is 0.629. The van der Waals surface area contributed by atoms with Crippen molar-refractivity contribution in [2.75, 3.05) is 6.61 Å². The smallest absolute Gasteiger partial charge is 0.306 e. The van der Waals surface area contributed by atoms with E-state index in [-0.39, 0.29) is 5.56 Å². The van der Waals surface area contributed by atoms with Gasteiger partial charge in [0.15, 0.2) is 6.61 Å². The molecule has 2 N–H and O–H groups in total. The fourth-order valence-electron chi connectivity index (χ4n) is 3.92. The Morgan fingerprint density at radius 1 is 1.12 bits per heavy atom. The van der Waals surface area contributed by atoms with E-state index in [9.17, 15) is 18.8 Å². The summed E-state index contributed by atoms with van der Waals surface area (Å²) in [6.45, 7) is -0.475. The molecule has 0 heterocycles. The van der Waals surface area contributed by atoms with Gasteiger partial charge in [0.05, 0.1) is 5.56 Å². The molecule has 0 aromatic heterocycles. The fraction of sp³-hybridized carbons (Fsp3) is 0.500. The second-order valence-electron chi connectivity index (χ2n) is 6.78. The van der Waals surface area contributed by atoms with Crippen LogP contribution >= 0.6 is 0 Å². The molecule has 6 nitrogen and oxygen atoms in total. The summed E-state index contributed by atoms with van der Waals surface area (Å²) in [5, 5.41) is 0. The molecule has 0 spiro atoms. The summed E-state index contributed by atoms with van der Waals surface area (Å²) in [6, 6.07) is 5.41. The highest BCUT2D eigenvalue weighted by Gasteiger charge is 2.40. The van der Waals surface area contributed by atoms with Gasteiger partial charge in [-0.1, -0.05) is 18.6 Å². The lowest BCUT2D eigenvalue weighted by Gasteiger charge is -2.20. The molecule has 2 fully saturated rings. The highest BCUT2D eigenvalue weighted by Crippen LogP contribution is 2.49. The van der Waals surface area contributed by atoms with Crippen LogP contribution in [0.5, 0.6) is 0 Å². The third-order valence-electron chi connectivity index (χ3n) is 5.11. The molecule has 3 rings (SSSR count). The third-order valence-corrected chi connectivity index (χ3v) is 5.11. The van der Waals surface area contributed by atoms with Crippen molar-refractivity contribution in [3.63, 3.8) is 0 Å². The molecular weight excluding hydrogens is 327 g/mol. The zero-order valence-corrected chi connectivity index (χ0v) is 13.8. The molecule has 25 heavy (non-hydrogen) atoms. The van der Waals surface area contributed by atoms with Crippen molar-refractivity contribution in [2.24, 2.45) is 17.8 Å². The Labute approximate surface area is 145 Å². The number of carbonyl (C=O) groups excluding carboxylic acids is 3. The minimum absolute atomic E-state index is 0.184. The largest absolute Gasteiger partial charge is 0.455 e. The van der Waals surface area contributed by atoms with Crippen LogP contribution in [0.25, 0.3) is 0 Å². The predicted octanol–water partition coefficient (Wildman–Crippen LogP) is 1.96. The molecule has 0 saturated heterocycles. The SMILES string of the molecule is O=C(COC(=O)C[C@H]1C[C@@H]2CC[C@@H]1C2)NNC(=O)c1ccccc1F. The molecule has 0 radical (unpaired) electrons. The van der Waals surface area contributed by atoms with Crippen LogP contribution in [0.4, 0.5) is 4.39 Å². The first-order valence-corrected chi connectivity index (χ1v) is 8.52. The van der Waals surface area contributed by atoms with Gasteiger partial charge in [-0.15, -0.1) is 0 Å². The van der Waals surface area contributed by atoms with E-state index in [0.717, 1.165) is 18.4 Å². The number of carbonyl (C=O) groups is 3. The zero-order chi connectivity index (χ0) is 17.8. The Bertz CT molecular complexity index is 679. The molecule has 0 aliphatic heterocycles. The first-order valence-electron chi connectivity index (χ1n) is 8.52. The van der Waals surface area contributed by atoms with Gasteiger partial charge < -0.3 is 4.74 Å². The van der Waals surface area contributed by atoms with Gasteiger partial charge >= 0.3 is 5.97 Å². The molecule has 7 heteroatoms. The van der Waals surface area contributed by atoms with E-state index in [1.807, 2.05) is 0 Å². The first kappa shape index (κ1) is 17.4.